The van der Waals surface area contributed by atoms with E-state index >= 15 is 4.39 Å². The van der Waals surface area contributed by atoms with Gasteiger partial charge < -0.3 is 5.32 Å². The zero-order chi connectivity index (χ0) is 18.7. The number of hydrogen-bond donors (Lipinski definition) is 1. The minimum atomic E-state index is -1.62. The number of nitrogens with one attached hydrogen (secondary N) is 1. The van der Waals surface area contributed by atoms with Gasteiger partial charge in [0.15, 0.2) is 5.67 Å². The zero-order valence-electron chi connectivity index (χ0n) is 14.9. The maximum Gasteiger partial charge on any atom is 0.251 e. The quantitative estimate of drug-likeness (QED) is 0.739. The van der Waals surface area contributed by atoms with E-state index in [1.807, 2.05) is 24.3 Å². The largest absolute Gasteiger partial charge is 0.322 e. The molecule has 136 valence electrons. The lowest BCUT2D eigenvalue weighted by Crippen LogP contribution is -2.27. The Morgan fingerprint density at radius 3 is 2.58 bits per heavy atom. The summed E-state index contributed by atoms with van der Waals surface area (Å²) >= 11 is 6.09. The molecule has 1 amide bonds. The van der Waals surface area contributed by atoms with E-state index in [4.69, 9.17) is 11.6 Å². The molecule has 1 aromatic carbocycles. The Balaban J connectivity index is 1.68. The summed E-state index contributed by atoms with van der Waals surface area (Å²) in [6, 6.07) is 11.1. The van der Waals surface area contributed by atoms with Gasteiger partial charge in [0, 0.05) is 23.9 Å². The summed E-state index contributed by atoms with van der Waals surface area (Å²) in [4.78, 5) is 16.6. The number of amides is 1. The second kappa shape index (κ2) is 7.58. The fourth-order valence-electron chi connectivity index (χ4n) is 3.12. The van der Waals surface area contributed by atoms with Crippen LogP contribution in [0.2, 0.25) is 5.02 Å². The fourth-order valence-corrected chi connectivity index (χ4v) is 3.41. The Morgan fingerprint density at radius 1 is 1.27 bits per heavy atom. The average Bonchev–Trinajstić information content (AvgIpc) is 2.63. The van der Waals surface area contributed by atoms with Gasteiger partial charge in [-0.1, -0.05) is 43.7 Å². The molecule has 2 aromatic rings. The van der Waals surface area contributed by atoms with Crippen molar-refractivity contribution < 1.29 is 9.18 Å². The highest BCUT2D eigenvalue weighted by atomic mass is 35.5. The lowest BCUT2D eigenvalue weighted by molar-refractivity contribution is -0.113. The molecule has 26 heavy (non-hydrogen) atoms. The molecule has 0 radical (unpaired) electrons. The summed E-state index contributed by atoms with van der Waals surface area (Å²) in [5.74, 6) is 0.258. The van der Waals surface area contributed by atoms with E-state index in [-0.39, 0.29) is 24.4 Å². The van der Waals surface area contributed by atoms with Crippen LogP contribution < -0.4 is 5.32 Å². The molecular formula is C21H22ClFN2O. The molecule has 3 rings (SSSR count). The van der Waals surface area contributed by atoms with Gasteiger partial charge in [-0.3, -0.25) is 9.78 Å². The summed E-state index contributed by atoms with van der Waals surface area (Å²) in [5, 5.41) is 3.21. The molecule has 3 nitrogen and oxygen atoms in total. The van der Waals surface area contributed by atoms with Gasteiger partial charge in [-0.15, -0.1) is 0 Å². The van der Waals surface area contributed by atoms with Crippen LogP contribution in [0.4, 0.5) is 10.1 Å². The molecule has 0 aliphatic heterocycles. The standard InChI is InChI=1S/C21H22ClFN2O/c1-14(2)15-5-7-17(8-6-15)25-20(26)16-9-11-21(23,12-10-16)19-18(22)4-3-13-24-19/h3-9,13-14H,10-12H2,1-2H3,(H,25,26). The van der Waals surface area contributed by atoms with E-state index < -0.39 is 5.67 Å². The lowest BCUT2D eigenvalue weighted by atomic mass is 9.84. The number of pyridine rings is 1. The molecule has 1 unspecified atom stereocenters. The van der Waals surface area contributed by atoms with Gasteiger partial charge in [0.2, 0.25) is 0 Å². The van der Waals surface area contributed by atoms with Crippen molar-refractivity contribution in [2.75, 3.05) is 5.32 Å². The summed E-state index contributed by atoms with van der Waals surface area (Å²) in [5.41, 5.74) is 1.18. The van der Waals surface area contributed by atoms with E-state index in [2.05, 4.69) is 24.1 Å². The minimum absolute atomic E-state index is 0.0960. The number of benzene rings is 1. The molecule has 0 bridgehead atoms. The molecule has 1 aliphatic rings. The Labute approximate surface area is 158 Å². The highest BCUT2D eigenvalue weighted by Gasteiger charge is 2.37. The van der Waals surface area contributed by atoms with Gasteiger partial charge in [0.1, 0.15) is 0 Å². The first kappa shape index (κ1) is 18.6. The third-order valence-corrected chi connectivity index (χ3v) is 5.08. The van der Waals surface area contributed by atoms with Crippen molar-refractivity contribution in [1.82, 2.24) is 4.98 Å². The number of halogens is 2. The van der Waals surface area contributed by atoms with Gasteiger partial charge in [-0.25, -0.2) is 4.39 Å². The fraction of sp³-hybridized carbons (Fsp3) is 0.333. The molecule has 0 fully saturated rings. The first-order chi connectivity index (χ1) is 12.4. The van der Waals surface area contributed by atoms with Crippen LogP contribution in [0.1, 0.15) is 50.3 Å². The van der Waals surface area contributed by atoms with Crippen molar-refractivity contribution in [3.8, 4) is 0 Å². The summed E-state index contributed by atoms with van der Waals surface area (Å²) in [6.07, 6.45) is 3.83. The normalized spacial score (nSPS) is 20.0. The number of rotatable bonds is 4. The van der Waals surface area contributed by atoms with E-state index in [1.54, 1.807) is 18.2 Å². The molecule has 1 aliphatic carbocycles. The smallest absolute Gasteiger partial charge is 0.251 e. The maximum atomic E-state index is 15.2. The molecule has 1 atom stereocenters. The summed E-state index contributed by atoms with van der Waals surface area (Å²) < 4.78 is 15.2. The predicted molar refractivity (Wildman–Crippen MR) is 103 cm³/mol. The topological polar surface area (TPSA) is 42.0 Å². The Hall–Kier alpha value is -2.20. The predicted octanol–water partition coefficient (Wildman–Crippen LogP) is 5.77. The molecule has 1 heterocycles. The van der Waals surface area contributed by atoms with Crippen molar-refractivity contribution in [1.29, 1.82) is 0 Å². The van der Waals surface area contributed by atoms with Crippen LogP contribution in [0.25, 0.3) is 0 Å². The van der Waals surface area contributed by atoms with Gasteiger partial charge in [-0.2, -0.15) is 0 Å². The number of hydrogen-bond acceptors (Lipinski definition) is 2. The monoisotopic (exact) mass is 372 g/mol. The van der Waals surface area contributed by atoms with E-state index in [1.165, 1.54) is 11.8 Å². The number of allylic oxidation sites excluding steroid dienone is 1. The third kappa shape index (κ3) is 3.96. The van der Waals surface area contributed by atoms with Crippen molar-refractivity contribution in [3.63, 3.8) is 0 Å². The van der Waals surface area contributed by atoms with Crippen LogP contribution in [0, 0.1) is 0 Å². The number of aromatic nitrogens is 1. The van der Waals surface area contributed by atoms with Gasteiger partial charge in [-0.05, 0) is 48.6 Å². The van der Waals surface area contributed by atoms with Gasteiger partial charge >= 0.3 is 0 Å². The van der Waals surface area contributed by atoms with Crippen LogP contribution in [-0.2, 0) is 10.5 Å². The van der Waals surface area contributed by atoms with Crippen LogP contribution in [-0.4, -0.2) is 10.9 Å². The number of carbonyl (C=O) groups excluding carboxylic acids is 1. The second-order valence-corrected chi connectivity index (χ2v) is 7.37. The molecule has 1 aromatic heterocycles. The molecule has 0 saturated heterocycles. The molecular weight excluding hydrogens is 351 g/mol. The van der Waals surface area contributed by atoms with Gasteiger partial charge in [0.05, 0.1) is 10.7 Å². The number of carbonyl (C=O) groups is 1. The van der Waals surface area contributed by atoms with Crippen LogP contribution in [0.15, 0.2) is 54.2 Å². The maximum absolute atomic E-state index is 15.2. The van der Waals surface area contributed by atoms with Crippen LogP contribution in [0.5, 0.6) is 0 Å². The molecule has 0 saturated carbocycles. The molecule has 5 heteroatoms. The highest BCUT2D eigenvalue weighted by molar-refractivity contribution is 6.31. The van der Waals surface area contributed by atoms with Crippen LogP contribution in [0.3, 0.4) is 0 Å². The number of alkyl halides is 1. The first-order valence-corrected chi connectivity index (χ1v) is 9.17. The summed E-state index contributed by atoms with van der Waals surface area (Å²) in [7, 11) is 0. The van der Waals surface area contributed by atoms with E-state index in [9.17, 15) is 4.79 Å². The minimum Gasteiger partial charge on any atom is -0.322 e. The molecule has 1 N–H and O–H groups in total. The summed E-state index contributed by atoms with van der Waals surface area (Å²) in [6.45, 7) is 4.25. The molecule has 0 spiro atoms. The number of anilines is 1. The van der Waals surface area contributed by atoms with Crippen LogP contribution >= 0.6 is 11.6 Å². The SMILES string of the molecule is CC(C)c1ccc(NC(=O)C2=CCC(F)(c3ncccc3Cl)CC2)cc1. The highest BCUT2D eigenvalue weighted by Crippen LogP contribution is 2.41. The second-order valence-electron chi connectivity index (χ2n) is 6.96. The average molecular weight is 373 g/mol. The van der Waals surface area contributed by atoms with E-state index in [0.717, 1.165) is 5.69 Å². The Morgan fingerprint density at radius 2 is 2.00 bits per heavy atom. The van der Waals surface area contributed by atoms with Crippen molar-refractivity contribution in [3.05, 3.63) is 70.5 Å². The lowest BCUT2D eigenvalue weighted by Gasteiger charge is -2.28. The van der Waals surface area contributed by atoms with Crippen molar-refractivity contribution in [2.45, 2.75) is 44.7 Å². The van der Waals surface area contributed by atoms with Crippen molar-refractivity contribution in [2.24, 2.45) is 0 Å². The zero-order valence-corrected chi connectivity index (χ0v) is 15.7. The number of nitrogens with zero attached hydrogens (tertiary/aromatic N) is 1. The van der Waals surface area contributed by atoms with Gasteiger partial charge in [0.25, 0.3) is 5.91 Å². The third-order valence-electron chi connectivity index (χ3n) is 4.77. The Kier molecular flexibility index (Phi) is 5.42. The van der Waals surface area contributed by atoms with E-state index in [0.29, 0.717) is 22.9 Å². The van der Waals surface area contributed by atoms with Crippen molar-refractivity contribution >= 4 is 23.2 Å². The Bertz CT molecular complexity index is 832. The first-order valence-electron chi connectivity index (χ1n) is 8.79.